The van der Waals surface area contributed by atoms with Crippen LogP contribution < -0.4 is 4.90 Å². The minimum Gasteiger partial charge on any atom is -0.371 e. The van der Waals surface area contributed by atoms with Crippen molar-refractivity contribution in [3.05, 3.63) is 57.7 Å². The topological polar surface area (TPSA) is 50.8 Å². The molecule has 1 atom stereocenters. The average molecular weight is 396 g/mol. The average Bonchev–Trinajstić information content (AvgIpc) is 2.74. The SMILES string of the molecule is CC1(C)CC(=C(C#N)C#N)C=C2C=C(c3cc4c5c(c3)CCCN5CCC4)CCC21. The Morgan fingerprint density at radius 1 is 1.00 bits per heavy atom. The van der Waals surface area contributed by atoms with E-state index < -0.39 is 0 Å². The van der Waals surface area contributed by atoms with E-state index in [1.807, 2.05) is 0 Å². The molecule has 2 heterocycles. The first kappa shape index (κ1) is 19.2. The molecule has 152 valence electrons. The Morgan fingerprint density at radius 2 is 1.67 bits per heavy atom. The van der Waals surface area contributed by atoms with Gasteiger partial charge in [-0.3, -0.25) is 0 Å². The smallest absolute Gasteiger partial charge is 0.132 e. The number of hydrogen-bond donors (Lipinski definition) is 0. The Kier molecular flexibility index (Phi) is 4.59. The van der Waals surface area contributed by atoms with Gasteiger partial charge in [0, 0.05) is 18.8 Å². The van der Waals surface area contributed by atoms with Crippen molar-refractivity contribution in [2.45, 2.75) is 58.8 Å². The molecule has 0 saturated heterocycles. The normalized spacial score (nSPS) is 23.9. The van der Waals surface area contributed by atoms with Gasteiger partial charge in [-0.15, -0.1) is 0 Å². The van der Waals surface area contributed by atoms with Crippen LogP contribution in [-0.4, -0.2) is 13.1 Å². The zero-order valence-corrected chi connectivity index (χ0v) is 18.1. The Balaban J connectivity index is 1.59. The Hall–Kier alpha value is -2.78. The third-order valence-corrected chi connectivity index (χ3v) is 7.62. The van der Waals surface area contributed by atoms with Gasteiger partial charge < -0.3 is 4.90 Å². The van der Waals surface area contributed by atoms with Gasteiger partial charge in [0.05, 0.1) is 0 Å². The molecule has 0 aromatic heterocycles. The third-order valence-electron chi connectivity index (χ3n) is 7.62. The molecule has 0 spiro atoms. The van der Waals surface area contributed by atoms with E-state index in [0.29, 0.717) is 5.92 Å². The van der Waals surface area contributed by atoms with E-state index in [2.05, 4.69) is 55.2 Å². The number of rotatable bonds is 1. The van der Waals surface area contributed by atoms with E-state index in [-0.39, 0.29) is 11.0 Å². The van der Waals surface area contributed by atoms with Crippen LogP contribution in [0.1, 0.15) is 62.6 Å². The lowest BCUT2D eigenvalue weighted by atomic mass is 9.62. The van der Waals surface area contributed by atoms with Gasteiger partial charge in [-0.1, -0.05) is 26.0 Å². The minimum absolute atomic E-state index is 0.0722. The largest absolute Gasteiger partial charge is 0.371 e. The lowest BCUT2D eigenvalue weighted by molar-refractivity contribution is 0.227. The van der Waals surface area contributed by atoms with Gasteiger partial charge in [0.15, 0.2) is 0 Å². The zero-order chi connectivity index (χ0) is 20.9. The molecule has 0 bridgehead atoms. The molecule has 1 aromatic rings. The third kappa shape index (κ3) is 3.09. The van der Waals surface area contributed by atoms with Crippen LogP contribution in [0, 0.1) is 34.0 Å². The maximum atomic E-state index is 9.39. The molecule has 2 aliphatic heterocycles. The summed E-state index contributed by atoms with van der Waals surface area (Å²) >= 11 is 0. The number of nitrogens with zero attached hydrogens (tertiary/aromatic N) is 3. The van der Waals surface area contributed by atoms with E-state index in [4.69, 9.17) is 0 Å². The highest BCUT2D eigenvalue weighted by Crippen LogP contribution is 2.50. The Bertz CT molecular complexity index is 1040. The molecule has 3 nitrogen and oxygen atoms in total. The Morgan fingerprint density at radius 3 is 2.30 bits per heavy atom. The first-order chi connectivity index (χ1) is 14.5. The van der Waals surface area contributed by atoms with Crippen LogP contribution >= 0.6 is 0 Å². The molecule has 1 aromatic carbocycles. The highest BCUT2D eigenvalue weighted by atomic mass is 15.1. The molecular formula is C27H29N3. The summed E-state index contributed by atoms with van der Waals surface area (Å²) < 4.78 is 0. The second kappa shape index (κ2) is 7.17. The van der Waals surface area contributed by atoms with Crippen molar-refractivity contribution in [1.82, 2.24) is 0 Å². The van der Waals surface area contributed by atoms with E-state index >= 15 is 0 Å². The predicted molar refractivity (Wildman–Crippen MR) is 121 cm³/mol. The van der Waals surface area contributed by atoms with E-state index in [1.165, 1.54) is 72.3 Å². The van der Waals surface area contributed by atoms with Crippen LogP contribution in [-0.2, 0) is 12.8 Å². The molecule has 3 heteroatoms. The van der Waals surface area contributed by atoms with Crippen LogP contribution in [0.5, 0.6) is 0 Å². The first-order valence-corrected chi connectivity index (χ1v) is 11.4. The van der Waals surface area contributed by atoms with Crippen molar-refractivity contribution in [2.75, 3.05) is 18.0 Å². The summed E-state index contributed by atoms with van der Waals surface area (Å²) in [4.78, 5) is 2.60. The molecule has 5 rings (SSSR count). The van der Waals surface area contributed by atoms with Crippen LogP contribution in [0.2, 0.25) is 0 Å². The summed E-state index contributed by atoms with van der Waals surface area (Å²) in [5.74, 6) is 0.495. The van der Waals surface area contributed by atoms with Crippen LogP contribution in [0.3, 0.4) is 0 Å². The number of fused-ring (bicyclic) bond motifs is 1. The van der Waals surface area contributed by atoms with Gasteiger partial charge in [-0.05, 0) is 102 Å². The number of allylic oxidation sites excluding steroid dienone is 6. The molecule has 0 radical (unpaired) electrons. The first-order valence-electron chi connectivity index (χ1n) is 11.4. The maximum Gasteiger partial charge on any atom is 0.132 e. The van der Waals surface area contributed by atoms with Crippen molar-refractivity contribution in [2.24, 2.45) is 11.3 Å². The molecule has 30 heavy (non-hydrogen) atoms. The fourth-order valence-corrected chi connectivity index (χ4v) is 6.24. The minimum atomic E-state index is 0.0722. The molecule has 0 amide bonds. The van der Waals surface area contributed by atoms with Crippen LogP contribution in [0.15, 0.2) is 41.0 Å². The lowest BCUT2D eigenvalue weighted by Gasteiger charge is -2.42. The number of benzene rings is 1. The molecule has 0 saturated carbocycles. The molecular weight excluding hydrogens is 366 g/mol. The van der Waals surface area contributed by atoms with Crippen molar-refractivity contribution in [1.29, 1.82) is 10.5 Å². The fourth-order valence-electron chi connectivity index (χ4n) is 6.24. The fraction of sp³-hybridized carbons (Fsp3) is 0.481. The highest BCUT2D eigenvalue weighted by Gasteiger charge is 2.38. The zero-order valence-electron chi connectivity index (χ0n) is 18.1. The molecule has 4 aliphatic rings. The van der Waals surface area contributed by atoms with E-state index in [9.17, 15) is 10.5 Å². The number of hydrogen-bond acceptors (Lipinski definition) is 3. The van der Waals surface area contributed by atoms with Gasteiger partial charge in [0.1, 0.15) is 17.7 Å². The summed E-state index contributed by atoms with van der Waals surface area (Å²) in [5.41, 5.74) is 9.96. The van der Waals surface area contributed by atoms with Gasteiger partial charge in [0.25, 0.3) is 0 Å². The monoisotopic (exact) mass is 395 g/mol. The van der Waals surface area contributed by atoms with Crippen LogP contribution in [0.4, 0.5) is 5.69 Å². The maximum absolute atomic E-state index is 9.39. The predicted octanol–water partition coefficient (Wildman–Crippen LogP) is 5.88. The highest BCUT2D eigenvalue weighted by molar-refractivity contribution is 5.76. The standard InChI is InChI=1S/C27H29N3/c1-27(2)15-23(24(16-28)17-29)14-22-11-18(7-8-25(22)27)21-12-19-5-3-9-30-10-4-6-20(13-21)26(19)30/h11-14,25H,3-10,15H2,1-2H3. The van der Waals surface area contributed by atoms with Crippen molar-refractivity contribution < 1.29 is 0 Å². The second-order valence-corrected chi connectivity index (χ2v) is 10.0. The van der Waals surface area contributed by atoms with Crippen molar-refractivity contribution in [3.8, 4) is 12.1 Å². The molecule has 0 N–H and O–H groups in total. The number of anilines is 1. The van der Waals surface area contributed by atoms with Gasteiger partial charge >= 0.3 is 0 Å². The van der Waals surface area contributed by atoms with E-state index in [1.54, 1.807) is 0 Å². The van der Waals surface area contributed by atoms with Gasteiger partial charge in [-0.2, -0.15) is 10.5 Å². The lowest BCUT2D eigenvalue weighted by Crippen LogP contribution is -2.34. The quantitative estimate of drug-likeness (QED) is 0.558. The molecule has 1 unspecified atom stereocenters. The number of nitriles is 2. The Labute approximate surface area is 180 Å². The summed E-state index contributed by atoms with van der Waals surface area (Å²) in [5, 5.41) is 18.8. The molecule has 0 fully saturated rings. The van der Waals surface area contributed by atoms with Gasteiger partial charge in [-0.25, -0.2) is 0 Å². The summed E-state index contributed by atoms with van der Waals surface area (Å²) in [7, 11) is 0. The van der Waals surface area contributed by atoms with Crippen molar-refractivity contribution in [3.63, 3.8) is 0 Å². The summed E-state index contributed by atoms with van der Waals surface area (Å²) in [6.07, 6.45) is 12.5. The number of aryl methyl sites for hydroxylation is 2. The second-order valence-electron chi connectivity index (χ2n) is 10.0. The summed E-state index contributed by atoms with van der Waals surface area (Å²) in [6, 6.07) is 9.11. The van der Waals surface area contributed by atoms with Crippen molar-refractivity contribution >= 4 is 11.3 Å². The molecule has 2 aliphatic carbocycles. The summed E-state index contributed by atoms with van der Waals surface area (Å²) in [6.45, 7) is 6.99. The van der Waals surface area contributed by atoms with Gasteiger partial charge in [0.2, 0.25) is 0 Å². The van der Waals surface area contributed by atoms with Crippen LogP contribution in [0.25, 0.3) is 5.57 Å². The van der Waals surface area contributed by atoms with E-state index in [0.717, 1.165) is 24.8 Å².